The van der Waals surface area contributed by atoms with Crippen LogP contribution in [0.3, 0.4) is 0 Å². The maximum Gasteiger partial charge on any atom is 6.00 e. The Hall–Kier alpha value is 1.86. The largest absolute Gasteiger partial charge is 6.00 e. The Bertz CT molecular complexity index is 58.6. The average molecular weight is 442 g/mol. The van der Waals surface area contributed by atoms with Crippen molar-refractivity contribution < 1.29 is 78.2 Å². The molecule has 0 amide bonds. The minimum absolute atomic E-state index is 0. The van der Waals surface area contributed by atoms with E-state index < -0.39 is 7.82 Å². The normalized spacial score (nSPS) is 7.38. The van der Waals surface area contributed by atoms with Crippen molar-refractivity contribution in [2.45, 2.75) is 0 Å². The summed E-state index contributed by atoms with van der Waals surface area (Å²) < 4.78 is 8.55. The Kier molecular flexibility index (Phi) is 25.0. The van der Waals surface area contributed by atoms with Crippen LogP contribution >= 0.6 is 7.82 Å². The molecule has 0 rings (SSSR count). The van der Waals surface area contributed by atoms with E-state index in [-0.39, 0.29) is 59.0 Å². The van der Waals surface area contributed by atoms with Gasteiger partial charge in [-0.15, -0.1) is 0 Å². The molecule has 5 nitrogen and oxygen atoms in total. The Morgan fingerprint density at radius 1 is 1.12 bits per heavy atom. The molecule has 0 fully saturated rings. The number of phosphoric acid groups is 1. The van der Waals surface area contributed by atoms with Crippen LogP contribution in [0.2, 0.25) is 0 Å². The van der Waals surface area contributed by atoms with Crippen LogP contribution in [0.5, 0.6) is 0 Å². The molecule has 0 aromatic carbocycles. The van der Waals surface area contributed by atoms with Crippen molar-refractivity contribution in [3.05, 3.63) is 0 Å². The summed E-state index contributed by atoms with van der Waals surface area (Å²) in [4.78, 5) is 25.6. The van der Waals surface area contributed by atoms with E-state index in [9.17, 15) is 0 Å². The third-order valence-electron chi connectivity index (χ3n) is 0. The van der Waals surface area contributed by atoms with Crippen molar-refractivity contribution in [3.63, 3.8) is 0 Å². The molecule has 0 saturated carbocycles. The predicted molar refractivity (Wildman–Crippen MR) is 8.29 cm³/mol. The van der Waals surface area contributed by atoms with Crippen LogP contribution in [0.4, 0.5) is 0 Å². The summed E-state index contributed by atoms with van der Waals surface area (Å²) in [6, 6.07) is 0. The van der Waals surface area contributed by atoms with E-state index in [4.69, 9.17) is 19.2 Å². The topological polar surface area (TPSA) is 115 Å². The van der Waals surface area contributed by atoms with E-state index in [0.29, 0.717) is 0 Å². The number of hydrogen-bond acceptors (Lipinski definition) is 4. The minimum Gasteiger partial charge on any atom is -2.00 e. The molecule has 0 saturated heterocycles. The van der Waals surface area contributed by atoms with E-state index in [2.05, 4.69) is 0 Å². The van der Waals surface area contributed by atoms with Gasteiger partial charge in [0, 0.05) is 0 Å². The van der Waals surface area contributed by atoms with E-state index in [1.165, 1.54) is 0 Å². The standard InChI is InChI=1S/Nb.H3O4P.O.U/c;1-5(2,3)4;;/h;(H3,1,2,3,4);;/q+5;;-2;+6/p-3. The fourth-order valence-corrected chi connectivity index (χ4v) is 0. The summed E-state index contributed by atoms with van der Waals surface area (Å²) in [5.74, 6) is 0. The SMILES string of the molecule is O=P([O-])([O-])[O-].[Nb+5].[O-2].[U+6]. The molecule has 0 radical (unpaired) electrons. The summed E-state index contributed by atoms with van der Waals surface area (Å²) >= 11 is 0. The smallest absolute Gasteiger partial charge is 2.00 e. The average Bonchev–Trinajstić information content (AvgIpc) is 0.722. The number of rotatable bonds is 0. The molecule has 0 aromatic rings. The van der Waals surface area contributed by atoms with Gasteiger partial charge in [-0.2, -0.15) is 7.82 Å². The van der Waals surface area contributed by atoms with Gasteiger partial charge in [-0.05, 0) is 0 Å². The molecule has 8 heteroatoms. The molecule has 0 bridgehead atoms. The van der Waals surface area contributed by atoms with Gasteiger partial charge in [-0.3, -0.25) is 0 Å². The van der Waals surface area contributed by atoms with Crippen LogP contribution in [0.25, 0.3) is 0 Å². The van der Waals surface area contributed by atoms with Gasteiger partial charge in [0.15, 0.2) is 0 Å². The molecule has 8 heavy (non-hydrogen) atoms. The van der Waals surface area contributed by atoms with Gasteiger partial charge < -0.3 is 24.7 Å². The molecular weight excluding hydrogens is 442 g/mol. The van der Waals surface area contributed by atoms with Crippen molar-refractivity contribution in [2.24, 2.45) is 0 Å². The quantitative estimate of drug-likeness (QED) is 0.295. The van der Waals surface area contributed by atoms with Crippen LogP contribution < -0.4 is 14.7 Å². The first-order valence-corrected chi connectivity index (χ1v) is 2.19. The molecule has 0 aliphatic carbocycles. The molecule has 38 valence electrons. The van der Waals surface area contributed by atoms with Gasteiger partial charge in [0.25, 0.3) is 0 Å². The third-order valence-corrected chi connectivity index (χ3v) is 0. The molecule has 0 aliphatic heterocycles. The van der Waals surface area contributed by atoms with Crippen molar-refractivity contribution in [1.29, 1.82) is 0 Å². The zero-order chi connectivity index (χ0) is 4.50. The van der Waals surface area contributed by atoms with Gasteiger partial charge in [0.05, 0.1) is 0 Å². The van der Waals surface area contributed by atoms with E-state index >= 15 is 0 Å². The zero-order valence-electron chi connectivity index (χ0n) is 3.44. The molecule has 0 atom stereocenters. The first-order valence-electron chi connectivity index (χ1n) is 0.730. The van der Waals surface area contributed by atoms with Crippen molar-refractivity contribution in [1.82, 2.24) is 0 Å². The fraction of sp³-hybridized carbons (Fsp3) is 0. The van der Waals surface area contributed by atoms with Crippen molar-refractivity contribution >= 4 is 7.82 Å². The second-order valence-corrected chi connectivity index (χ2v) is 1.34. The van der Waals surface area contributed by atoms with Crippen LogP contribution in [-0.4, -0.2) is 0 Å². The van der Waals surface area contributed by atoms with Crippen LogP contribution in [0.15, 0.2) is 0 Å². The van der Waals surface area contributed by atoms with Gasteiger partial charge in [0.2, 0.25) is 0 Å². The van der Waals surface area contributed by atoms with E-state index in [1.54, 1.807) is 0 Å². The summed E-state index contributed by atoms with van der Waals surface area (Å²) in [6.07, 6.45) is 0. The predicted octanol–water partition coefficient (Wildman–Crippen LogP) is -2.95. The van der Waals surface area contributed by atoms with Gasteiger partial charge in [0.1, 0.15) is 0 Å². The summed E-state index contributed by atoms with van der Waals surface area (Å²) in [6.45, 7) is 0. The molecule has 0 spiro atoms. The van der Waals surface area contributed by atoms with E-state index in [0.717, 1.165) is 0 Å². The molecule has 0 aliphatic rings. The monoisotopic (exact) mass is 442 g/mol. The third kappa shape index (κ3) is 107. The fourth-order valence-electron chi connectivity index (χ4n) is 0. The van der Waals surface area contributed by atoms with Gasteiger partial charge >= 0.3 is 53.5 Å². The van der Waals surface area contributed by atoms with E-state index in [1.807, 2.05) is 0 Å². The molecule has 0 aromatic heterocycles. The van der Waals surface area contributed by atoms with Crippen molar-refractivity contribution in [3.8, 4) is 0 Å². The Labute approximate surface area is 85.3 Å². The maximum atomic E-state index is 8.55. The number of hydrogen-bond donors (Lipinski definition) is 0. The first-order chi connectivity index (χ1) is 2.00. The maximum absolute atomic E-state index is 8.55. The molecule has 0 unspecified atom stereocenters. The van der Waals surface area contributed by atoms with Gasteiger partial charge in [-0.1, -0.05) is 0 Å². The minimum atomic E-state index is -5.39. The summed E-state index contributed by atoms with van der Waals surface area (Å²) in [5, 5.41) is 0. The Balaban J connectivity index is -0.0000000267. The molecule has 0 N–H and O–H groups in total. The molecular formula is NbO5PU+6. The van der Waals surface area contributed by atoms with Crippen LogP contribution in [0, 0.1) is 31.1 Å². The molecule has 0 heterocycles. The Morgan fingerprint density at radius 3 is 1.12 bits per heavy atom. The van der Waals surface area contributed by atoms with Crippen molar-refractivity contribution in [2.75, 3.05) is 0 Å². The summed E-state index contributed by atoms with van der Waals surface area (Å²) in [5.41, 5.74) is 0. The first kappa shape index (κ1) is 22.5. The van der Waals surface area contributed by atoms with Crippen LogP contribution in [-0.2, 0) is 32.4 Å². The zero-order valence-corrected chi connectivity index (χ0v) is 10.7. The summed E-state index contributed by atoms with van der Waals surface area (Å²) in [7, 11) is -5.39. The second kappa shape index (κ2) is 8.86. The van der Waals surface area contributed by atoms with Crippen LogP contribution in [0.1, 0.15) is 0 Å². The van der Waals surface area contributed by atoms with Gasteiger partial charge in [-0.25, -0.2) is 0 Å². The Morgan fingerprint density at radius 2 is 1.12 bits per heavy atom. The second-order valence-electron chi connectivity index (χ2n) is 0.447.